The van der Waals surface area contributed by atoms with Crippen molar-refractivity contribution in [3.05, 3.63) is 46.0 Å². The van der Waals surface area contributed by atoms with Crippen molar-refractivity contribution < 1.29 is 13.6 Å². The fourth-order valence-corrected chi connectivity index (χ4v) is 5.67. The van der Waals surface area contributed by atoms with Gasteiger partial charge in [0.1, 0.15) is 41.1 Å². The summed E-state index contributed by atoms with van der Waals surface area (Å²) in [6.45, 7) is 2.66. The van der Waals surface area contributed by atoms with Crippen molar-refractivity contribution in [2.45, 2.75) is 31.6 Å². The van der Waals surface area contributed by atoms with Crippen molar-refractivity contribution in [3.63, 3.8) is 0 Å². The lowest BCUT2D eigenvalue weighted by Gasteiger charge is -2.33. The first kappa shape index (κ1) is 24.6. The Bertz CT molecular complexity index is 1350. The molecule has 10 nitrogen and oxygen atoms in total. The van der Waals surface area contributed by atoms with E-state index in [1.54, 1.807) is 5.38 Å². The molecule has 13 heteroatoms. The number of piperidine rings is 1. The standard InChI is InChI=1S/C24H25F2N9OS/c25-15-8-17(26)20(18(9-15)34-5-1-2-6-34)33-24(36)32-19-12-37-23(31-19)14-4-3-7-35(11-14)22-16(10-27)21(28)29-13-30-22/h8-9,12-14H,1-7,11H2,(H2,28,29,30)(H2,32,33,36). The van der Waals surface area contributed by atoms with Crippen LogP contribution in [0, 0.1) is 23.0 Å². The maximum absolute atomic E-state index is 14.6. The van der Waals surface area contributed by atoms with Crippen LogP contribution in [0.4, 0.5) is 42.4 Å². The van der Waals surface area contributed by atoms with Crippen molar-refractivity contribution in [1.82, 2.24) is 15.0 Å². The topological polar surface area (TPSA) is 136 Å². The van der Waals surface area contributed by atoms with Gasteiger partial charge in [0, 0.05) is 43.5 Å². The highest BCUT2D eigenvalue weighted by atomic mass is 32.1. The number of urea groups is 1. The molecule has 0 saturated carbocycles. The Morgan fingerprint density at radius 2 is 1.92 bits per heavy atom. The minimum atomic E-state index is -0.833. The van der Waals surface area contributed by atoms with Crippen LogP contribution >= 0.6 is 11.3 Å². The van der Waals surface area contributed by atoms with Crippen LogP contribution in [0.5, 0.6) is 0 Å². The second-order valence-electron chi connectivity index (χ2n) is 8.98. The van der Waals surface area contributed by atoms with Gasteiger partial charge in [-0.05, 0) is 31.7 Å². The predicted molar refractivity (Wildman–Crippen MR) is 138 cm³/mol. The molecule has 1 unspecified atom stereocenters. The van der Waals surface area contributed by atoms with Crippen LogP contribution in [-0.2, 0) is 0 Å². The molecule has 0 spiro atoms. The highest BCUT2D eigenvalue weighted by Gasteiger charge is 2.27. The molecule has 0 bridgehead atoms. The van der Waals surface area contributed by atoms with Gasteiger partial charge in [-0.2, -0.15) is 5.26 Å². The smallest absolute Gasteiger partial charge is 0.325 e. The molecule has 37 heavy (non-hydrogen) atoms. The van der Waals surface area contributed by atoms with Crippen LogP contribution in [0.3, 0.4) is 0 Å². The van der Waals surface area contributed by atoms with Crippen molar-refractivity contribution in [1.29, 1.82) is 5.26 Å². The zero-order valence-electron chi connectivity index (χ0n) is 19.9. The number of nitrogens with one attached hydrogen (secondary N) is 2. The van der Waals surface area contributed by atoms with Crippen molar-refractivity contribution in [2.24, 2.45) is 0 Å². The number of nitrogens with zero attached hydrogens (tertiary/aromatic N) is 6. The van der Waals surface area contributed by atoms with Gasteiger partial charge in [0.2, 0.25) is 0 Å². The molecule has 2 amide bonds. The zero-order chi connectivity index (χ0) is 25.9. The monoisotopic (exact) mass is 525 g/mol. The normalized spacial score (nSPS) is 17.5. The van der Waals surface area contributed by atoms with Gasteiger partial charge < -0.3 is 20.9 Å². The first-order valence-corrected chi connectivity index (χ1v) is 12.8. The first-order chi connectivity index (χ1) is 17.9. The summed E-state index contributed by atoms with van der Waals surface area (Å²) >= 11 is 1.41. The van der Waals surface area contributed by atoms with Crippen molar-refractivity contribution in [3.8, 4) is 6.07 Å². The van der Waals surface area contributed by atoms with Crippen molar-refractivity contribution in [2.75, 3.05) is 52.3 Å². The molecule has 4 N–H and O–H groups in total. The molecule has 5 rings (SSSR count). The minimum absolute atomic E-state index is 0.0587. The zero-order valence-corrected chi connectivity index (χ0v) is 20.7. The molecule has 192 valence electrons. The fourth-order valence-electron chi connectivity index (χ4n) is 4.79. The highest BCUT2D eigenvalue weighted by molar-refractivity contribution is 7.10. The number of thiazole rings is 1. The first-order valence-electron chi connectivity index (χ1n) is 12.0. The molecule has 2 aliphatic rings. The third-order valence-corrected chi connectivity index (χ3v) is 7.53. The maximum Gasteiger partial charge on any atom is 0.325 e. The van der Waals surface area contributed by atoms with E-state index in [0.717, 1.165) is 43.3 Å². The number of nitriles is 1. The molecule has 1 atom stereocenters. The van der Waals surface area contributed by atoms with E-state index in [2.05, 4.69) is 31.7 Å². The number of hydrogen-bond acceptors (Lipinski definition) is 9. The van der Waals surface area contributed by atoms with E-state index < -0.39 is 17.7 Å². The SMILES string of the molecule is N#Cc1c(N)ncnc1N1CCCC(c2nc(NC(=O)Nc3c(F)cc(F)cc3N3CCCC3)cs2)C1. The van der Waals surface area contributed by atoms with Gasteiger partial charge in [0.25, 0.3) is 0 Å². The van der Waals surface area contributed by atoms with Crippen LogP contribution in [0.2, 0.25) is 0 Å². The second kappa shape index (κ2) is 10.5. The number of anilines is 5. The third kappa shape index (κ3) is 5.24. The molecule has 4 heterocycles. The van der Waals surface area contributed by atoms with Crippen LogP contribution in [0.15, 0.2) is 23.8 Å². The van der Waals surface area contributed by atoms with Gasteiger partial charge in [0.05, 0.1) is 10.7 Å². The van der Waals surface area contributed by atoms with E-state index in [1.807, 2.05) is 9.80 Å². The fraction of sp³-hybridized carbons (Fsp3) is 0.375. The summed E-state index contributed by atoms with van der Waals surface area (Å²) in [6, 6.07) is 3.41. The Hall–Kier alpha value is -4.05. The Labute approximate surface area is 216 Å². The number of amides is 2. The van der Waals surface area contributed by atoms with Gasteiger partial charge in [-0.15, -0.1) is 11.3 Å². The average Bonchev–Trinajstić information content (AvgIpc) is 3.58. The number of aromatic nitrogens is 3. The van der Waals surface area contributed by atoms with Crippen LogP contribution < -0.4 is 26.2 Å². The lowest BCUT2D eigenvalue weighted by Crippen LogP contribution is -2.35. The van der Waals surface area contributed by atoms with E-state index in [1.165, 1.54) is 23.7 Å². The molecule has 2 fully saturated rings. The van der Waals surface area contributed by atoms with E-state index >= 15 is 0 Å². The Balaban J connectivity index is 1.27. The minimum Gasteiger partial charge on any atom is -0.382 e. The summed E-state index contributed by atoms with van der Waals surface area (Å²) in [5, 5.41) is 17.2. The molecule has 3 aromatic rings. The van der Waals surface area contributed by atoms with Gasteiger partial charge >= 0.3 is 6.03 Å². The molecule has 2 saturated heterocycles. The maximum atomic E-state index is 14.6. The van der Waals surface area contributed by atoms with Gasteiger partial charge in [-0.25, -0.2) is 28.5 Å². The van der Waals surface area contributed by atoms with Gasteiger partial charge in [-0.1, -0.05) is 0 Å². The number of carbonyl (C=O) groups excluding carboxylic acids is 1. The summed E-state index contributed by atoms with van der Waals surface area (Å²) < 4.78 is 28.5. The number of benzene rings is 1. The average molecular weight is 526 g/mol. The van der Waals surface area contributed by atoms with E-state index in [9.17, 15) is 18.8 Å². The molecule has 2 aromatic heterocycles. The van der Waals surface area contributed by atoms with Crippen LogP contribution in [0.1, 0.15) is 42.2 Å². The third-order valence-electron chi connectivity index (χ3n) is 6.52. The Kier molecular flexibility index (Phi) is 7.00. The lowest BCUT2D eigenvalue weighted by molar-refractivity contribution is 0.262. The Morgan fingerprint density at radius 3 is 2.70 bits per heavy atom. The second-order valence-corrected chi connectivity index (χ2v) is 9.87. The lowest BCUT2D eigenvalue weighted by atomic mass is 9.98. The number of halogens is 2. The molecule has 0 radical (unpaired) electrons. The molecular formula is C24H25F2N9OS. The summed E-state index contributed by atoms with van der Waals surface area (Å²) in [4.78, 5) is 29.3. The van der Waals surface area contributed by atoms with Crippen LogP contribution in [0.25, 0.3) is 0 Å². The molecule has 2 aliphatic heterocycles. The summed E-state index contributed by atoms with van der Waals surface area (Å²) in [7, 11) is 0. The van der Waals surface area contributed by atoms with Gasteiger partial charge in [-0.3, -0.25) is 5.32 Å². The number of nitrogen functional groups attached to an aromatic ring is 1. The number of hydrogen-bond donors (Lipinski definition) is 3. The molecule has 0 aliphatic carbocycles. The summed E-state index contributed by atoms with van der Waals surface area (Å²) in [5.41, 5.74) is 6.37. The van der Waals surface area contributed by atoms with E-state index in [4.69, 9.17) is 5.73 Å². The summed E-state index contributed by atoms with van der Waals surface area (Å²) in [5.74, 6) is -0.473. The van der Waals surface area contributed by atoms with Gasteiger partial charge in [0.15, 0.2) is 11.6 Å². The quantitative estimate of drug-likeness (QED) is 0.449. The van der Waals surface area contributed by atoms with Crippen molar-refractivity contribution >= 4 is 46.2 Å². The number of nitrogens with two attached hydrogens (primary N) is 1. The van der Waals surface area contributed by atoms with Crippen LogP contribution in [-0.4, -0.2) is 47.2 Å². The largest absolute Gasteiger partial charge is 0.382 e. The number of carbonyl (C=O) groups is 1. The highest BCUT2D eigenvalue weighted by Crippen LogP contribution is 2.35. The predicted octanol–water partition coefficient (Wildman–Crippen LogP) is 4.29. The van der Waals surface area contributed by atoms with E-state index in [-0.39, 0.29) is 23.0 Å². The number of rotatable bonds is 5. The van der Waals surface area contributed by atoms with E-state index in [0.29, 0.717) is 37.0 Å². The molecular weight excluding hydrogens is 500 g/mol. The summed E-state index contributed by atoms with van der Waals surface area (Å²) in [6.07, 6.45) is 4.94. The molecule has 1 aromatic carbocycles. The Morgan fingerprint density at radius 1 is 1.14 bits per heavy atom.